The molecule has 1 unspecified atom stereocenters. The number of amides is 1. The maximum absolute atomic E-state index is 12.3. The van der Waals surface area contributed by atoms with Crippen LogP contribution in [0.25, 0.3) is 0 Å². The zero-order valence-electron chi connectivity index (χ0n) is 17.8. The molecule has 0 aliphatic heterocycles. The highest BCUT2D eigenvalue weighted by molar-refractivity contribution is 7.92. The lowest BCUT2D eigenvalue weighted by Gasteiger charge is -2.24. The number of rotatable bonds is 13. The molecule has 1 atom stereocenters. The van der Waals surface area contributed by atoms with Gasteiger partial charge in [-0.15, -0.1) is 0 Å². The number of sulfonamides is 1. The second-order valence-corrected chi connectivity index (χ2v) is 9.24. The van der Waals surface area contributed by atoms with Gasteiger partial charge in [0.05, 0.1) is 22.4 Å². The molecule has 0 heterocycles. The van der Waals surface area contributed by atoms with Crippen LogP contribution in [0.1, 0.15) is 57.9 Å². The van der Waals surface area contributed by atoms with E-state index < -0.39 is 14.9 Å². The van der Waals surface area contributed by atoms with Gasteiger partial charge in [0.15, 0.2) is 0 Å². The summed E-state index contributed by atoms with van der Waals surface area (Å²) < 4.78 is 25.6. The Morgan fingerprint density at radius 1 is 1.28 bits per heavy atom. The topological polar surface area (TPSA) is 110 Å². The zero-order chi connectivity index (χ0) is 22.0. The van der Waals surface area contributed by atoms with Crippen molar-refractivity contribution in [1.82, 2.24) is 5.32 Å². The second kappa shape index (κ2) is 11.7. The van der Waals surface area contributed by atoms with Gasteiger partial charge < -0.3 is 5.32 Å². The molecule has 9 heteroatoms. The van der Waals surface area contributed by atoms with Gasteiger partial charge in [0, 0.05) is 25.6 Å². The molecule has 0 radical (unpaired) electrons. The van der Waals surface area contributed by atoms with Crippen LogP contribution in [-0.4, -0.2) is 38.6 Å². The number of hydrogen-bond donors (Lipinski definition) is 1. The lowest BCUT2D eigenvalue weighted by atomic mass is 9.99. The minimum Gasteiger partial charge on any atom is -0.356 e. The van der Waals surface area contributed by atoms with Crippen molar-refractivity contribution in [2.45, 2.75) is 59.3 Å². The van der Waals surface area contributed by atoms with Crippen LogP contribution in [0.3, 0.4) is 0 Å². The number of anilines is 1. The number of carbonyl (C=O) groups excluding carboxylic acids is 1. The number of unbranched alkanes of at least 4 members (excludes halogenated alkanes) is 1. The number of hydrogen-bond acceptors (Lipinski definition) is 5. The third-order valence-electron chi connectivity index (χ3n) is 5.04. The molecule has 1 N–H and O–H groups in total. The molecule has 1 aromatic carbocycles. The van der Waals surface area contributed by atoms with E-state index in [0.717, 1.165) is 36.2 Å². The number of benzene rings is 1. The van der Waals surface area contributed by atoms with Gasteiger partial charge in [0.1, 0.15) is 0 Å². The van der Waals surface area contributed by atoms with Crippen molar-refractivity contribution < 1.29 is 18.1 Å². The Bertz CT molecular complexity index is 795. The van der Waals surface area contributed by atoms with Crippen molar-refractivity contribution >= 4 is 27.3 Å². The first-order valence-corrected chi connectivity index (χ1v) is 11.9. The van der Waals surface area contributed by atoms with Crippen molar-refractivity contribution in [1.29, 1.82) is 0 Å². The first-order valence-electron chi connectivity index (χ1n) is 10.1. The molecular formula is C20H33N3O5S. The Balaban J connectivity index is 2.72. The van der Waals surface area contributed by atoms with Crippen LogP contribution in [-0.2, 0) is 14.8 Å². The SMILES string of the molecule is CCCCC(CC)CNC(=O)CCCN(c1cccc([N+](=O)[O-])c1C)S(C)(=O)=O. The third kappa shape index (κ3) is 8.00. The number of nitro benzene ring substituents is 1. The van der Waals surface area contributed by atoms with E-state index in [0.29, 0.717) is 18.9 Å². The van der Waals surface area contributed by atoms with E-state index in [4.69, 9.17) is 0 Å². The van der Waals surface area contributed by atoms with Crippen LogP contribution < -0.4 is 9.62 Å². The minimum atomic E-state index is -3.64. The second-order valence-electron chi connectivity index (χ2n) is 7.34. The predicted octanol–water partition coefficient (Wildman–Crippen LogP) is 3.78. The summed E-state index contributed by atoms with van der Waals surface area (Å²) in [6.45, 7) is 6.50. The predicted molar refractivity (Wildman–Crippen MR) is 116 cm³/mol. The average Bonchev–Trinajstić information content (AvgIpc) is 2.65. The fourth-order valence-electron chi connectivity index (χ4n) is 3.22. The van der Waals surface area contributed by atoms with E-state index >= 15 is 0 Å². The molecule has 1 amide bonds. The summed E-state index contributed by atoms with van der Waals surface area (Å²) in [4.78, 5) is 22.8. The summed E-state index contributed by atoms with van der Waals surface area (Å²) in [5.74, 6) is 0.350. The lowest BCUT2D eigenvalue weighted by molar-refractivity contribution is -0.385. The Kier molecular flexibility index (Phi) is 10.1. The van der Waals surface area contributed by atoms with E-state index in [1.54, 1.807) is 6.07 Å². The molecule has 164 valence electrons. The smallest absolute Gasteiger partial charge is 0.274 e. The molecule has 8 nitrogen and oxygen atoms in total. The molecule has 1 rings (SSSR count). The van der Waals surface area contributed by atoms with Gasteiger partial charge in [0.2, 0.25) is 15.9 Å². The molecule has 0 bridgehead atoms. The van der Waals surface area contributed by atoms with Crippen molar-refractivity contribution in [3.8, 4) is 0 Å². The summed E-state index contributed by atoms with van der Waals surface area (Å²) in [5, 5.41) is 14.1. The van der Waals surface area contributed by atoms with E-state index in [-0.39, 0.29) is 35.8 Å². The van der Waals surface area contributed by atoms with Gasteiger partial charge in [-0.2, -0.15) is 0 Å². The van der Waals surface area contributed by atoms with Gasteiger partial charge in [-0.1, -0.05) is 39.2 Å². The molecule has 0 fully saturated rings. The first kappa shape index (κ1) is 24.9. The van der Waals surface area contributed by atoms with Gasteiger partial charge >= 0.3 is 0 Å². The molecule has 29 heavy (non-hydrogen) atoms. The number of carbonyl (C=O) groups is 1. The summed E-state index contributed by atoms with van der Waals surface area (Å²) in [5.41, 5.74) is 0.424. The molecule has 0 saturated carbocycles. The normalized spacial score (nSPS) is 12.4. The van der Waals surface area contributed by atoms with E-state index in [1.807, 2.05) is 0 Å². The number of nitro groups is 1. The Morgan fingerprint density at radius 3 is 2.52 bits per heavy atom. The number of nitrogens with zero attached hydrogens (tertiary/aromatic N) is 2. The van der Waals surface area contributed by atoms with Crippen molar-refractivity contribution in [2.24, 2.45) is 5.92 Å². The van der Waals surface area contributed by atoms with Gasteiger partial charge in [-0.05, 0) is 31.7 Å². The Morgan fingerprint density at radius 2 is 1.97 bits per heavy atom. The van der Waals surface area contributed by atoms with Crippen LogP contribution in [0, 0.1) is 23.0 Å². The maximum atomic E-state index is 12.3. The summed E-state index contributed by atoms with van der Waals surface area (Å²) >= 11 is 0. The zero-order valence-corrected chi connectivity index (χ0v) is 18.6. The summed E-state index contributed by atoms with van der Waals surface area (Å²) in [7, 11) is -3.64. The van der Waals surface area contributed by atoms with Gasteiger partial charge in [-0.3, -0.25) is 19.2 Å². The first-order chi connectivity index (χ1) is 13.6. The highest BCUT2D eigenvalue weighted by atomic mass is 32.2. The highest BCUT2D eigenvalue weighted by Gasteiger charge is 2.23. The van der Waals surface area contributed by atoms with Crippen molar-refractivity contribution in [2.75, 3.05) is 23.7 Å². The van der Waals surface area contributed by atoms with E-state index in [9.17, 15) is 23.3 Å². The number of nitrogens with one attached hydrogen (secondary N) is 1. The van der Waals surface area contributed by atoms with Crippen LogP contribution in [0.5, 0.6) is 0 Å². The molecular weight excluding hydrogens is 394 g/mol. The molecule has 0 aromatic heterocycles. The lowest BCUT2D eigenvalue weighted by Crippen LogP contribution is -2.33. The molecule has 1 aromatic rings. The quantitative estimate of drug-likeness (QED) is 0.380. The van der Waals surface area contributed by atoms with Crippen LogP contribution in [0.15, 0.2) is 18.2 Å². The molecule has 0 spiro atoms. The minimum absolute atomic E-state index is 0.0846. The van der Waals surface area contributed by atoms with E-state index in [1.165, 1.54) is 19.1 Å². The summed E-state index contributed by atoms with van der Waals surface area (Å²) in [6, 6.07) is 4.35. The van der Waals surface area contributed by atoms with Crippen LogP contribution in [0.2, 0.25) is 0 Å². The average molecular weight is 428 g/mol. The summed E-state index contributed by atoms with van der Waals surface area (Å²) in [6.07, 6.45) is 5.94. The molecule has 0 aliphatic carbocycles. The van der Waals surface area contributed by atoms with Crippen LogP contribution in [0.4, 0.5) is 11.4 Å². The Hall–Kier alpha value is -2.16. The molecule has 0 aliphatic rings. The standard InChI is InChI=1S/C20H33N3O5S/c1-5-7-10-17(6-2)15-21-20(24)13-9-14-22(29(4,27)28)18-11-8-12-19(16(18)3)23(25)26/h8,11-12,17H,5-7,9-10,13-15H2,1-4H3,(H,21,24). The van der Waals surface area contributed by atoms with Crippen LogP contribution >= 0.6 is 0 Å². The van der Waals surface area contributed by atoms with Crippen molar-refractivity contribution in [3.63, 3.8) is 0 Å². The highest BCUT2D eigenvalue weighted by Crippen LogP contribution is 2.30. The van der Waals surface area contributed by atoms with E-state index in [2.05, 4.69) is 19.2 Å². The fraction of sp³-hybridized carbons (Fsp3) is 0.650. The largest absolute Gasteiger partial charge is 0.356 e. The van der Waals surface area contributed by atoms with Gasteiger partial charge in [-0.25, -0.2) is 8.42 Å². The maximum Gasteiger partial charge on any atom is 0.274 e. The molecule has 0 saturated heterocycles. The monoisotopic (exact) mass is 427 g/mol. The van der Waals surface area contributed by atoms with Crippen molar-refractivity contribution in [3.05, 3.63) is 33.9 Å². The third-order valence-corrected chi connectivity index (χ3v) is 6.22. The Labute approximate surface area is 173 Å². The van der Waals surface area contributed by atoms with Gasteiger partial charge in [0.25, 0.3) is 5.69 Å². The fourth-order valence-corrected chi connectivity index (χ4v) is 4.23.